The van der Waals surface area contributed by atoms with Crippen molar-refractivity contribution < 1.29 is 22.7 Å². The van der Waals surface area contributed by atoms with Crippen molar-refractivity contribution in [2.75, 3.05) is 45.3 Å². The lowest BCUT2D eigenvalue weighted by Crippen LogP contribution is -2.31. The van der Waals surface area contributed by atoms with E-state index < -0.39 is 10.0 Å². The van der Waals surface area contributed by atoms with Crippen LogP contribution in [0.15, 0.2) is 17.0 Å². The number of nitrogens with one attached hydrogen (secondary N) is 1. The summed E-state index contributed by atoms with van der Waals surface area (Å²) in [6, 6.07) is 3.14. The van der Waals surface area contributed by atoms with Gasteiger partial charge < -0.3 is 14.8 Å². The molecule has 0 aliphatic heterocycles. The quantitative estimate of drug-likeness (QED) is 0.635. The molecule has 0 aliphatic rings. The summed E-state index contributed by atoms with van der Waals surface area (Å²) in [5.41, 5.74) is 2.10. The number of rotatable bonds is 10. The van der Waals surface area contributed by atoms with E-state index in [0.29, 0.717) is 32.0 Å². The Morgan fingerprint density at radius 3 is 2.36 bits per heavy atom. The number of carbonyl (C=O) groups excluding carboxylic acids is 1. The third kappa shape index (κ3) is 5.78. The number of hydrogen-bond donors (Lipinski definition) is 1. The number of aryl methyl sites for hydroxylation is 1. The average molecular weight is 372 g/mol. The maximum Gasteiger partial charge on any atom is 0.250 e. The van der Waals surface area contributed by atoms with Crippen LogP contribution in [0.3, 0.4) is 0 Å². The first kappa shape index (κ1) is 21.6. The molecule has 0 saturated carbocycles. The largest absolute Gasteiger partial charge is 0.382 e. The Morgan fingerprint density at radius 1 is 1.16 bits per heavy atom. The molecule has 0 heterocycles. The third-order valence-corrected chi connectivity index (χ3v) is 5.95. The number of carbonyl (C=O) groups is 1. The SMILES string of the molecule is CCN(CC)S(=O)(=O)c1cc(C)c(C)c(NC(=O)COCCOC)c1. The summed E-state index contributed by atoms with van der Waals surface area (Å²) < 4.78 is 36.8. The molecule has 7 nitrogen and oxygen atoms in total. The lowest BCUT2D eigenvalue weighted by Gasteiger charge is -2.20. The Morgan fingerprint density at radius 2 is 1.80 bits per heavy atom. The fourth-order valence-corrected chi connectivity index (χ4v) is 3.88. The molecule has 25 heavy (non-hydrogen) atoms. The van der Waals surface area contributed by atoms with Gasteiger partial charge in [-0.2, -0.15) is 4.31 Å². The van der Waals surface area contributed by atoms with Crippen LogP contribution in [0.4, 0.5) is 5.69 Å². The van der Waals surface area contributed by atoms with Gasteiger partial charge in [0.1, 0.15) is 6.61 Å². The highest BCUT2D eigenvalue weighted by Gasteiger charge is 2.23. The van der Waals surface area contributed by atoms with Gasteiger partial charge in [-0.25, -0.2) is 8.42 Å². The highest BCUT2D eigenvalue weighted by atomic mass is 32.2. The molecule has 0 bridgehead atoms. The van der Waals surface area contributed by atoms with Crippen LogP contribution in [0, 0.1) is 13.8 Å². The second-order valence-corrected chi connectivity index (χ2v) is 7.53. The molecule has 0 unspecified atom stereocenters. The summed E-state index contributed by atoms with van der Waals surface area (Å²) in [4.78, 5) is 12.2. The highest BCUT2D eigenvalue weighted by molar-refractivity contribution is 7.89. The van der Waals surface area contributed by atoms with Gasteiger partial charge in [0.05, 0.1) is 18.1 Å². The highest BCUT2D eigenvalue weighted by Crippen LogP contribution is 2.26. The Bertz CT molecular complexity index is 685. The number of hydrogen-bond acceptors (Lipinski definition) is 5. The van der Waals surface area contributed by atoms with E-state index in [-0.39, 0.29) is 17.4 Å². The van der Waals surface area contributed by atoms with Gasteiger partial charge in [0, 0.05) is 25.9 Å². The summed E-state index contributed by atoms with van der Waals surface area (Å²) in [6.45, 7) is 8.63. The van der Waals surface area contributed by atoms with Crippen molar-refractivity contribution in [1.82, 2.24) is 4.31 Å². The number of benzene rings is 1. The number of sulfonamides is 1. The summed E-state index contributed by atoms with van der Waals surface area (Å²) in [6.07, 6.45) is 0. The topological polar surface area (TPSA) is 84.9 Å². The fraction of sp³-hybridized carbons (Fsp3) is 0.588. The lowest BCUT2D eigenvalue weighted by atomic mass is 10.1. The van der Waals surface area contributed by atoms with Gasteiger partial charge >= 0.3 is 0 Å². The van der Waals surface area contributed by atoms with E-state index >= 15 is 0 Å². The number of methoxy groups -OCH3 is 1. The maximum absolute atomic E-state index is 12.7. The van der Waals surface area contributed by atoms with Crippen LogP contribution in [0.25, 0.3) is 0 Å². The number of anilines is 1. The number of nitrogens with zero attached hydrogens (tertiary/aromatic N) is 1. The van der Waals surface area contributed by atoms with E-state index in [0.717, 1.165) is 11.1 Å². The molecule has 0 aliphatic carbocycles. The molecule has 1 N–H and O–H groups in total. The van der Waals surface area contributed by atoms with Gasteiger partial charge in [-0.3, -0.25) is 4.79 Å². The smallest absolute Gasteiger partial charge is 0.250 e. The molecule has 0 fully saturated rings. The zero-order valence-corrected chi connectivity index (χ0v) is 16.4. The first-order chi connectivity index (χ1) is 11.8. The summed E-state index contributed by atoms with van der Waals surface area (Å²) >= 11 is 0. The maximum atomic E-state index is 12.7. The molecule has 0 spiro atoms. The van der Waals surface area contributed by atoms with Crippen LogP contribution in [0.1, 0.15) is 25.0 Å². The van der Waals surface area contributed by atoms with Crippen molar-refractivity contribution in [3.05, 3.63) is 23.3 Å². The molecular weight excluding hydrogens is 344 g/mol. The number of amides is 1. The van der Waals surface area contributed by atoms with Crippen LogP contribution >= 0.6 is 0 Å². The standard InChI is InChI=1S/C17H28N2O5S/c1-6-19(7-2)25(21,22)15-10-13(3)14(4)16(11-15)18-17(20)12-24-9-8-23-5/h10-11H,6-9,12H2,1-5H3,(H,18,20). The van der Waals surface area contributed by atoms with Crippen LogP contribution < -0.4 is 5.32 Å². The van der Waals surface area contributed by atoms with E-state index in [1.165, 1.54) is 10.4 Å². The molecule has 1 aromatic rings. The molecule has 1 rings (SSSR count). The Labute approximate surface area is 150 Å². The van der Waals surface area contributed by atoms with E-state index in [4.69, 9.17) is 9.47 Å². The Balaban J connectivity index is 3.02. The zero-order valence-electron chi connectivity index (χ0n) is 15.6. The third-order valence-electron chi connectivity index (χ3n) is 3.92. The van der Waals surface area contributed by atoms with Crippen molar-refractivity contribution in [1.29, 1.82) is 0 Å². The first-order valence-electron chi connectivity index (χ1n) is 8.25. The molecule has 0 saturated heterocycles. The van der Waals surface area contributed by atoms with E-state index in [1.807, 2.05) is 13.8 Å². The molecule has 142 valence electrons. The summed E-state index contributed by atoms with van der Waals surface area (Å²) in [7, 11) is -2.04. The van der Waals surface area contributed by atoms with E-state index in [2.05, 4.69) is 5.32 Å². The van der Waals surface area contributed by atoms with Crippen LogP contribution in [0.2, 0.25) is 0 Å². The van der Waals surface area contributed by atoms with Crippen molar-refractivity contribution in [3.63, 3.8) is 0 Å². The van der Waals surface area contributed by atoms with Crippen LogP contribution in [0.5, 0.6) is 0 Å². The van der Waals surface area contributed by atoms with Gasteiger partial charge in [-0.05, 0) is 37.1 Å². The molecular formula is C17H28N2O5S. The van der Waals surface area contributed by atoms with Crippen molar-refractivity contribution >= 4 is 21.6 Å². The molecule has 1 amide bonds. The van der Waals surface area contributed by atoms with Gasteiger partial charge in [-0.15, -0.1) is 0 Å². The summed E-state index contributed by atoms with van der Waals surface area (Å²) in [5, 5.41) is 2.73. The van der Waals surface area contributed by atoms with Gasteiger partial charge in [0.15, 0.2) is 0 Å². The van der Waals surface area contributed by atoms with Crippen LogP contribution in [-0.2, 0) is 24.3 Å². The zero-order chi connectivity index (χ0) is 19.0. The van der Waals surface area contributed by atoms with Crippen molar-refractivity contribution in [2.24, 2.45) is 0 Å². The molecule has 0 radical (unpaired) electrons. The predicted octanol–water partition coefficient (Wildman–Crippen LogP) is 1.94. The molecule has 0 aromatic heterocycles. The lowest BCUT2D eigenvalue weighted by molar-refractivity contribution is -0.121. The predicted molar refractivity (Wildman–Crippen MR) is 97.3 cm³/mol. The average Bonchev–Trinajstić information content (AvgIpc) is 2.56. The van der Waals surface area contributed by atoms with Crippen LogP contribution in [-0.4, -0.2) is 58.7 Å². The Hall–Kier alpha value is -1.48. The summed E-state index contributed by atoms with van der Waals surface area (Å²) in [5.74, 6) is -0.337. The van der Waals surface area contributed by atoms with Gasteiger partial charge in [-0.1, -0.05) is 13.8 Å². The molecule has 1 aromatic carbocycles. The van der Waals surface area contributed by atoms with E-state index in [9.17, 15) is 13.2 Å². The Kier molecular flexibility index (Phi) is 8.51. The van der Waals surface area contributed by atoms with Crippen molar-refractivity contribution in [3.8, 4) is 0 Å². The molecule has 8 heteroatoms. The minimum absolute atomic E-state index is 0.116. The second kappa shape index (κ2) is 9.86. The fourth-order valence-electron chi connectivity index (χ4n) is 2.31. The monoisotopic (exact) mass is 372 g/mol. The van der Waals surface area contributed by atoms with Crippen molar-refractivity contribution in [2.45, 2.75) is 32.6 Å². The first-order valence-corrected chi connectivity index (χ1v) is 9.69. The van der Waals surface area contributed by atoms with Gasteiger partial charge in [0.2, 0.25) is 15.9 Å². The normalized spacial score (nSPS) is 11.8. The minimum Gasteiger partial charge on any atom is -0.382 e. The van der Waals surface area contributed by atoms with E-state index in [1.54, 1.807) is 27.0 Å². The van der Waals surface area contributed by atoms with Gasteiger partial charge in [0.25, 0.3) is 0 Å². The molecule has 0 atom stereocenters. The number of ether oxygens (including phenoxy) is 2. The minimum atomic E-state index is -3.59. The second-order valence-electron chi connectivity index (χ2n) is 5.60.